The van der Waals surface area contributed by atoms with Gasteiger partial charge >= 0.3 is 259 Å². The van der Waals surface area contributed by atoms with Crippen LogP contribution in [0.4, 0.5) is 5.69 Å². The number of anilines is 1. The Bertz CT molecular complexity index is 1910. The fourth-order valence-corrected chi connectivity index (χ4v) is 18.5. The van der Waals surface area contributed by atoms with Gasteiger partial charge in [0.25, 0.3) is 0 Å². The van der Waals surface area contributed by atoms with Gasteiger partial charge in [0.2, 0.25) is 0 Å². The van der Waals surface area contributed by atoms with Gasteiger partial charge in [0, 0.05) is 19.8 Å². The molecule has 312 valence electrons. The van der Waals surface area contributed by atoms with Gasteiger partial charge in [-0.3, -0.25) is 0 Å². The van der Waals surface area contributed by atoms with Crippen LogP contribution in [0.5, 0.6) is 0 Å². The molecule has 0 aliphatic heterocycles. The van der Waals surface area contributed by atoms with Crippen molar-refractivity contribution in [2.45, 2.75) is 171 Å². The number of unbranched alkanes of at least 4 members (excludes halogenated alkanes) is 12. The summed E-state index contributed by atoms with van der Waals surface area (Å²) in [7, 11) is 4.28. The third-order valence-electron chi connectivity index (χ3n) is 11.5. The molecule has 0 fully saturated rings. The standard InChI is InChI=1S/C48H66NS4.3CH3.Sn/c1-7-11-15-19-23-36-31-32-50-46(36)42-34-39(25-21-17-13-9-3)48(52-42)44-35-40(26-22-18-14-10-4)47(53-44)43-33-38(24-20-16-12-8-2)45(51-43)37-27-29-41(30-28-37)49(5)6;;;;/h27-31,33-35H,7-26H2,1-6H3;3*1H3;. The van der Waals surface area contributed by atoms with Gasteiger partial charge in [-0.2, -0.15) is 0 Å². The maximum atomic E-state index is 2.67. The molecule has 0 aliphatic rings. The fraction of sp³-hybridized carbons (Fsp3) is 0.569. The zero-order valence-corrected chi connectivity index (χ0v) is 43.5. The molecule has 4 aromatic heterocycles. The molecule has 0 radical (unpaired) electrons. The Labute approximate surface area is 369 Å². The summed E-state index contributed by atoms with van der Waals surface area (Å²) < 4.78 is 1.74. The van der Waals surface area contributed by atoms with E-state index in [0.29, 0.717) is 0 Å². The quantitative estimate of drug-likeness (QED) is 0.0394. The molecular weight excluding hydrogens is 874 g/mol. The number of nitrogens with zero attached hydrogens (tertiary/aromatic N) is 1. The van der Waals surface area contributed by atoms with Crippen molar-refractivity contribution in [2.24, 2.45) is 0 Å². The van der Waals surface area contributed by atoms with E-state index in [-0.39, 0.29) is 0 Å². The first-order valence-electron chi connectivity index (χ1n) is 22.9. The number of thiophene rings is 4. The van der Waals surface area contributed by atoms with Crippen LogP contribution in [0.15, 0.2) is 48.5 Å². The van der Waals surface area contributed by atoms with Crippen LogP contribution in [0.3, 0.4) is 0 Å². The summed E-state index contributed by atoms with van der Waals surface area (Å²) in [5.41, 5.74) is 9.02. The minimum Gasteiger partial charge on any atom is -0.378 e. The van der Waals surface area contributed by atoms with Crippen LogP contribution in [-0.4, -0.2) is 32.5 Å². The SMILES string of the molecule is CCCCCCc1cc(-c2sc(-c3sc(-c4s[c]([Sn]([CH3])([CH3])[CH3])cc4CCCCCC)cc3CCCCCC)cc2CCCCCC)sc1-c1ccc(N(C)C)cc1. The summed E-state index contributed by atoms with van der Waals surface area (Å²) in [6, 6.07) is 19.9. The second kappa shape index (κ2) is 23.6. The summed E-state index contributed by atoms with van der Waals surface area (Å²) in [5, 5.41) is 0. The van der Waals surface area contributed by atoms with E-state index in [9.17, 15) is 0 Å². The number of rotatable bonds is 26. The number of benzene rings is 1. The van der Waals surface area contributed by atoms with Crippen molar-refractivity contribution in [3.8, 4) is 39.7 Å². The van der Waals surface area contributed by atoms with Crippen LogP contribution in [0.1, 0.15) is 153 Å². The van der Waals surface area contributed by atoms with Gasteiger partial charge in [-0.15, -0.1) is 0 Å². The number of aryl methyl sites for hydroxylation is 4. The fourth-order valence-electron chi connectivity index (χ4n) is 7.91. The molecule has 1 nitrogen and oxygen atoms in total. The Morgan fingerprint density at radius 2 is 0.772 bits per heavy atom. The number of hydrogen-bond donors (Lipinski definition) is 0. The van der Waals surface area contributed by atoms with Crippen LogP contribution in [0.25, 0.3) is 39.7 Å². The summed E-state index contributed by atoms with van der Waals surface area (Å²) in [4.78, 5) is 20.8. The molecule has 0 spiro atoms. The minimum atomic E-state index is -2.23. The van der Waals surface area contributed by atoms with Gasteiger partial charge < -0.3 is 4.90 Å². The minimum absolute atomic E-state index is 1.17. The van der Waals surface area contributed by atoms with E-state index in [4.69, 9.17) is 0 Å². The Kier molecular flexibility index (Phi) is 19.3. The summed E-state index contributed by atoms with van der Waals surface area (Å²) in [5.74, 6) is 0. The molecular formula is C51H75NS4Sn. The molecule has 0 N–H and O–H groups in total. The van der Waals surface area contributed by atoms with Gasteiger partial charge in [-0.25, -0.2) is 0 Å². The average Bonchev–Trinajstić information content (AvgIpc) is 4.00. The molecule has 5 rings (SSSR count). The Hall–Kier alpha value is -1.38. The topological polar surface area (TPSA) is 3.24 Å². The van der Waals surface area contributed by atoms with Gasteiger partial charge in [0.15, 0.2) is 0 Å². The number of hydrogen-bond acceptors (Lipinski definition) is 5. The zero-order chi connectivity index (χ0) is 40.8. The maximum absolute atomic E-state index is 2.67. The smallest absolute Gasteiger partial charge is 0.378 e. The average molecular weight is 949 g/mol. The first-order valence-corrected chi connectivity index (χ1v) is 36.1. The van der Waals surface area contributed by atoms with Crippen molar-refractivity contribution in [3.63, 3.8) is 0 Å². The Balaban J connectivity index is 1.60. The van der Waals surface area contributed by atoms with Crippen molar-refractivity contribution in [1.82, 2.24) is 0 Å². The molecule has 0 unspecified atom stereocenters. The second-order valence-electron chi connectivity index (χ2n) is 17.8. The van der Waals surface area contributed by atoms with Crippen molar-refractivity contribution < 1.29 is 0 Å². The summed E-state index contributed by atoms with van der Waals surface area (Å²) in [6.07, 6.45) is 25.8. The van der Waals surface area contributed by atoms with Crippen LogP contribution < -0.4 is 7.79 Å². The van der Waals surface area contributed by atoms with Crippen LogP contribution in [0.2, 0.25) is 14.8 Å². The molecule has 1 aromatic carbocycles. The summed E-state index contributed by atoms with van der Waals surface area (Å²) in [6.45, 7) is 9.33. The molecule has 5 aromatic rings. The second-order valence-corrected chi connectivity index (χ2v) is 37.4. The monoisotopic (exact) mass is 949 g/mol. The van der Waals surface area contributed by atoms with Gasteiger partial charge in [0.05, 0.1) is 0 Å². The van der Waals surface area contributed by atoms with E-state index in [2.05, 4.69) is 155 Å². The summed E-state index contributed by atoms with van der Waals surface area (Å²) >= 11 is 6.25. The van der Waals surface area contributed by atoms with E-state index in [0.717, 1.165) is 0 Å². The van der Waals surface area contributed by atoms with Gasteiger partial charge in [0.1, 0.15) is 0 Å². The first-order chi connectivity index (χ1) is 27.6. The molecule has 6 heteroatoms. The molecule has 0 aliphatic carbocycles. The van der Waals surface area contributed by atoms with Crippen molar-refractivity contribution >= 4 is 72.3 Å². The van der Waals surface area contributed by atoms with Crippen molar-refractivity contribution in [2.75, 3.05) is 19.0 Å². The Morgan fingerprint density at radius 3 is 1.14 bits per heavy atom. The third kappa shape index (κ3) is 13.3. The van der Waals surface area contributed by atoms with Crippen LogP contribution in [-0.2, 0) is 25.7 Å². The van der Waals surface area contributed by atoms with Crippen LogP contribution >= 0.6 is 45.3 Å². The van der Waals surface area contributed by atoms with Gasteiger partial charge in [-0.1, -0.05) is 58.1 Å². The molecule has 57 heavy (non-hydrogen) atoms. The van der Waals surface area contributed by atoms with E-state index in [1.807, 2.05) is 0 Å². The van der Waals surface area contributed by atoms with Gasteiger partial charge in [-0.05, 0) is 30.5 Å². The molecule has 0 atom stereocenters. The first kappa shape index (κ1) is 46.7. The van der Waals surface area contributed by atoms with E-state index < -0.39 is 18.4 Å². The predicted octanol–water partition coefficient (Wildman–Crippen LogP) is 17.7. The zero-order valence-electron chi connectivity index (χ0n) is 37.3. The van der Waals surface area contributed by atoms with Crippen molar-refractivity contribution in [3.05, 3.63) is 70.8 Å². The third-order valence-corrected chi connectivity index (χ3v) is 26.2. The van der Waals surface area contributed by atoms with Crippen molar-refractivity contribution in [1.29, 1.82) is 0 Å². The Morgan fingerprint density at radius 1 is 0.421 bits per heavy atom. The normalized spacial score (nSPS) is 11.9. The molecule has 0 bridgehead atoms. The van der Waals surface area contributed by atoms with E-state index in [1.165, 1.54) is 154 Å². The molecule has 0 saturated heterocycles. The molecule has 4 heterocycles. The van der Waals surface area contributed by atoms with E-state index in [1.54, 1.807) is 44.7 Å². The van der Waals surface area contributed by atoms with Crippen LogP contribution in [0, 0.1) is 0 Å². The van der Waals surface area contributed by atoms with E-state index >= 15 is 0 Å². The molecule has 0 saturated carbocycles. The molecule has 0 amide bonds. The predicted molar refractivity (Wildman–Crippen MR) is 268 cm³/mol.